The lowest BCUT2D eigenvalue weighted by molar-refractivity contribution is -0.140. The zero-order valence-electron chi connectivity index (χ0n) is 23.8. The summed E-state index contributed by atoms with van der Waals surface area (Å²) in [5.74, 6) is -0.149. The molecule has 2 fully saturated rings. The summed E-state index contributed by atoms with van der Waals surface area (Å²) in [6, 6.07) is 16.2. The second-order valence-corrected chi connectivity index (χ2v) is 13.4. The largest absolute Gasteiger partial charge is 0.365 e. The molecule has 2 unspecified atom stereocenters. The minimum absolute atomic E-state index is 0.0745. The van der Waals surface area contributed by atoms with E-state index < -0.39 is 11.2 Å². The van der Waals surface area contributed by atoms with Crippen molar-refractivity contribution in [2.75, 3.05) is 13.2 Å². The van der Waals surface area contributed by atoms with Gasteiger partial charge in [0.15, 0.2) is 0 Å². The fourth-order valence-corrected chi connectivity index (χ4v) is 7.84. The van der Waals surface area contributed by atoms with Gasteiger partial charge >= 0.3 is 0 Å². The van der Waals surface area contributed by atoms with E-state index in [0.29, 0.717) is 26.3 Å². The van der Waals surface area contributed by atoms with E-state index in [1.807, 2.05) is 38.1 Å². The molecule has 42 heavy (non-hydrogen) atoms. The molecule has 2 aliphatic heterocycles. The zero-order chi connectivity index (χ0) is 29.2. The van der Waals surface area contributed by atoms with Gasteiger partial charge in [0, 0.05) is 59.3 Å². The number of aromatic nitrogens is 2. The minimum atomic E-state index is -0.749. The molecule has 2 saturated heterocycles. The first-order valence-electron chi connectivity index (χ1n) is 14.3. The molecule has 6 rings (SSSR count). The van der Waals surface area contributed by atoms with Crippen molar-refractivity contribution in [1.82, 2.24) is 20.6 Å². The molecule has 0 spiro atoms. The van der Waals surface area contributed by atoms with Crippen molar-refractivity contribution in [1.29, 1.82) is 0 Å². The number of nitrogens with one attached hydrogen (secondary N) is 2. The van der Waals surface area contributed by atoms with Crippen molar-refractivity contribution >= 4 is 55.2 Å². The molecular formula is C32H34N4O4S2. The summed E-state index contributed by atoms with van der Waals surface area (Å²) in [5.41, 5.74) is 2.31. The summed E-state index contributed by atoms with van der Waals surface area (Å²) in [6.45, 7) is 5.79. The number of hydrogen-bond donors (Lipinski definition) is 2. The number of nitrogens with zero attached hydrogens (tertiary/aromatic N) is 2. The van der Waals surface area contributed by atoms with Gasteiger partial charge < -0.3 is 20.1 Å². The molecule has 2 N–H and O–H groups in total. The summed E-state index contributed by atoms with van der Waals surface area (Å²) in [7, 11) is 3.26. The maximum absolute atomic E-state index is 12.8. The van der Waals surface area contributed by atoms with Crippen LogP contribution in [0.2, 0.25) is 0 Å². The number of benzene rings is 2. The lowest BCUT2D eigenvalue weighted by Crippen LogP contribution is -2.43. The quantitative estimate of drug-likeness (QED) is 0.227. The van der Waals surface area contributed by atoms with E-state index in [1.165, 1.54) is 0 Å². The van der Waals surface area contributed by atoms with Crippen LogP contribution in [0.25, 0.3) is 21.8 Å². The van der Waals surface area contributed by atoms with E-state index >= 15 is 0 Å². The predicted octanol–water partition coefficient (Wildman–Crippen LogP) is 5.95. The molecule has 4 aromatic rings. The third-order valence-corrected chi connectivity index (χ3v) is 10.6. The SMILES string of the molecule is CC1(C(=O)NCc2ccc(SSc3ccc(CNC(=O)C4(C)CCCO4)c4cccnc34)c3ncccc23)CCCO1. The molecule has 2 aromatic heterocycles. The number of carbonyl (C=O) groups excluding carboxylic acids is 2. The van der Waals surface area contributed by atoms with E-state index in [2.05, 4.69) is 34.9 Å². The van der Waals surface area contributed by atoms with Gasteiger partial charge in [-0.25, -0.2) is 0 Å². The molecule has 218 valence electrons. The number of rotatable bonds is 9. The number of amides is 2. The Morgan fingerprint density at radius 1 is 0.738 bits per heavy atom. The number of carbonyl (C=O) groups is 2. The first-order chi connectivity index (χ1) is 20.4. The molecule has 2 aliphatic rings. The Morgan fingerprint density at radius 2 is 1.19 bits per heavy atom. The summed E-state index contributed by atoms with van der Waals surface area (Å²) >= 11 is 0. The van der Waals surface area contributed by atoms with Gasteiger partial charge in [0.1, 0.15) is 11.2 Å². The van der Waals surface area contributed by atoms with Crippen LogP contribution in [0, 0.1) is 0 Å². The first kappa shape index (κ1) is 28.9. The minimum Gasteiger partial charge on any atom is -0.365 e. The lowest BCUT2D eigenvalue weighted by Gasteiger charge is -2.22. The van der Waals surface area contributed by atoms with Crippen molar-refractivity contribution in [2.45, 2.75) is 73.6 Å². The molecule has 10 heteroatoms. The van der Waals surface area contributed by atoms with Gasteiger partial charge in [-0.3, -0.25) is 19.6 Å². The van der Waals surface area contributed by atoms with Crippen LogP contribution in [-0.2, 0) is 32.2 Å². The van der Waals surface area contributed by atoms with Crippen LogP contribution in [0.3, 0.4) is 0 Å². The average molecular weight is 603 g/mol. The topological polar surface area (TPSA) is 102 Å². The molecule has 8 nitrogen and oxygen atoms in total. The molecule has 0 bridgehead atoms. The van der Waals surface area contributed by atoms with Crippen molar-refractivity contribution in [3.63, 3.8) is 0 Å². The summed E-state index contributed by atoms with van der Waals surface area (Å²) in [6.07, 6.45) is 6.87. The van der Waals surface area contributed by atoms with Crippen LogP contribution in [0.1, 0.15) is 50.7 Å². The number of fused-ring (bicyclic) bond motifs is 2. The maximum atomic E-state index is 12.8. The molecule has 2 amide bonds. The molecule has 0 saturated carbocycles. The Hall–Kier alpha value is -3.18. The Balaban J connectivity index is 1.17. The van der Waals surface area contributed by atoms with Gasteiger partial charge in [0.2, 0.25) is 0 Å². The lowest BCUT2D eigenvalue weighted by atomic mass is 10.0. The molecule has 2 atom stereocenters. The van der Waals surface area contributed by atoms with Gasteiger partial charge in [-0.05, 0) is 74.9 Å². The van der Waals surface area contributed by atoms with Crippen LogP contribution in [0.15, 0.2) is 70.7 Å². The standard InChI is InChI=1S/C32H34N4O4S2/c1-31(13-5-17-39-31)29(37)35-19-21-9-11-25(27-23(21)7-3-15-33-27)41-42-26-12-10-22(24-8-4-16-34-28(24)26)20-36-30(38)32(2)14-6-18-40-32/h3-4,7-12,15-16H,5-6,13-14,17-20H2,1-2H3,(H,35,37)(H,36,38). The first-order valence-corrected chi connectivity index (χ1v) is 16.4. The van der Waals surface area contributed by atoms with Gasteiger partial charge in [-0.1, -0.05) is 45.9 Å². The molecule has 0 aliphatic carbocycles. The molecule has 0 radical (unpaired) electrons. The van der Waals surface area contributed by atoms with E-state index in [1.54, 1.807) is 34.0 Å². The molecule has 4 heterocycles. The van der Waals surface area contributed by atoms with Gasteiger partial charge in [0.05, 0.1) is 11.0 Å². The van der Waals surface area contributed by atoms with Crippen LogP contribution in [-0.4, -0.2) is 46.2 Å². The highest BCUT2D eigenvalue weighted by Gasteiger charge is 2.38. The van der Waals surface area contributed by atoms with E-state index in [0.717, 1.165) is 68.4 Å². The fraction of sp³-hybridized carbons (Fsp3) is 0.375. The Kier molecular flexibility index (Phi) is 8.40. The highest BCUT2D eigenvalue weighted by atomic mass is 33.1. The Labute approximate surface area is 253 Å². The van der Waals surface area contributed by atoms with E-state index in [4.69, 9.17) is 19.4 Å². The summed E-state index contributed by atoms with van der Waals surface area (Å²) in [4.78, 5) is 37.0. The highest BCUT2D eigenvalue weighted by molar-refractivity contribution is 8.76. The van der Waals surface area contributed by atoms with Crippen molar-refractivity contribution in [3.8, 4) is 0 Å². The Bertz CT molecular complexity index is 1510. The van der Waals surface area contributed by atoms with Gasteiger partial charge in [-0.2, -0.15) is 0 Å². The summed E-state index contributed by atoms with van der Waals surface area (Å²) < 4.78 is 11.4. The number of pyridine rings is 2. The van der Waals surface area contributed by atoms with Crippen molar-refractivity contribution in [3.05, 3.63) is 72.1 Å². The average Bonchev–Trinajstić information content (AvgIpc) is 3.67. The van der Waals surface area contributed by atoms with Crippen LogP contribution in [0.4, 0.5) is 0 Å². The van der Waals surface area contributed by atoms with Gasteiger partial charge in [0.25, 0.3) is 11.8 Å². The van der Waals surface area contributed by atoms with Crippen LogP contribution >= 0.6 is 21.6 Å². The monoisotopic (exact) mass is 602 g/mol. The summed E-state index contributed by atoms with van der Waals surface area (Å²) in [5, 5.41) is 8.15. The molecule has 2 aromatic carbocycles. The third-order valence-electron chi connectivity index (χ3n) is 8.14. The predicted molar refractivity (Wildman–Crippen MR) is 166 cm³/mol. The molecular weight excluding hydrogens is 569 g/mol. The van der Waals surface area contributed by atoms with E-state index in [9.17, 15) is 9.59 Å². The Morgan fingerprint density at radius 3 is 1.60 bits per heavy atom. The fourth-order valence-electron chi connectivity index (χ4n) is 5.59. The van der Waals surface area contributed by atoms with Crippen molar-refractivity contribution < 1.29 is 19.1 Å². The normalized spacial score (nSPS) is 22.0. The zero-order valence-corrected chi connectivity index (χ0v) is 25.4. The van der Waals surface area contributed by atoms with Gasteiger partial charge in [-0.15, -0.1) is 0 Å². The number of hydrogen-bond acceptors (Lipinski definition) is 8. The number of ether oxygens (including phenoxy) is 2. The van der Waals surface area contributed by atoms with Crippen molar-refractivity contribution in [2.24, 2.45) is 0 Å². The third kappa shape index (κ3) is 5.86. The maximum Gasteiger partial charge on any atom is 0.252 e. The smallest absolute Gasteiger partial charge is 0.252 e. The van der Waals surface area contributed by atoms with Crippen LogP contribution < -0.4 is 10.6 Å². The second-order valence-electron chi connectivity index (χ2n) is 11.1. The highest BCUT2D eigenvalue weighted by Crippen LogP contribution is 2.43. The second kappa shape index (κ2) is 12.2. The van der Waals surface area contributed by atoms with Crippen LogP contribution in [0.5, 0.6) is 0 Å². The van der Waals surface area contributed by atoms with E-state index in [-0.39, 0.29) is 11.8 Å².